The van der Waals surface area contributed by atoms with Gasteiger partial charge in [-0.05, 0) is 27.7 Å². The molecule has 1 atom stereocenters. The van der Waals surface area contributed by atoms with Crippen LogP contribution in [0.5, 0.6) is 0 Å². The van der Waals surface area contributed by atoms with Crippen LogP contribution >= 0.6 is 0 Å². The van der Waals surface area contributed by atoms with E-state index in [1.807, 2.05) is 0 Å². The van der Waals surface area contributed by atoms with Gasteiger partial charge in [0.15, 0.2) is 5.79 Å². The third-order valence-electron chi connectivity index (χ3n) is 1.91. The van der Waals surface area contributed by atoms with Crippen LogP contribution in [-0.4, -0.2) is 31.6 Å². The third kappa shape index (κ3) is 5.25. The average molecular weight is 232 g/mol. The number of hydrogen-bond acceptors (Lipinski definition) is 5. The lowest BCUT2D eigenvalue weighted by Crippen LogP contribution is -2.30. The molecule has 5 heteroatoms. The number of ether oxygens (including phenoxy) is 2. The summed E-state index contributed by atoms with van der Waals surface area (Å²) in [5.74, 6) is -1.36. The molecule has 0 aliphatic rings. The SMILES string of the molecule is C=C(C(=O)OCC)C(C)OOC(C)(C)OC. The Bertz CT molecular complexity index is 247. The quantitative estimate of drug-likeness (QED) is 0.220. The number of esters is 1. The first-order valence-corrected chi connectivity index (χ1v) is 5.09. The van der Waals surface area contributed by atoms with Gasteiger partial charge >= 0.3 is 5.97 Å². The average Bonchev–Trinajstić information content (AvgIpc) is 2.25. The van der Waals surface area contributed by atoms with E-state index in [1.165, 1.54) is 7.11 Å². The van der Waals surface area contributed by atoms with E-state index in [0.717, 1.165) is 0 Å². The molecule has 0 aromatic carbocycles. The Hall–Kier alpha value is -0.910. The summed E-state index contributed by atoms with van der Waals surface area (Å²) in [5, 5.41) is 0. The van der Waals surface area contributed by atoms with E-state index in [-0.39, 0.29) is 5.57 Å². The van der Waals surface area contributed by atoms with Crippen molar-refractivity contribution in [3.05, 3.63) is 12.2 Å². The van der Waals surface area contributed by atoms with Crippen molar-refractivity contribution in [2.75, 3.05) is 13.7 Å². The van der Waals surface area contributed by atoms with Crippen molar-refractivity contribution in [3.8, 4) is 0 Å². The molecule has 0 aliphatic heterocycles. The second kappa shape index (κ2) is 6.62. The first-order valence-electron chi connectivity index (χ1n) is 5.09. The second-order valence-electron chi connectivity index (χ2n) is 3.67. The Morgan fingerprint density at radius 2 is 2.00 bits per heavy atom. The van der Waals surface area contributed by atoms with Crippen LogP contribution in [0.1, 0.15) is 27.7 Å². The van der Waals surface area contributed by atoms with Crippen LogP contribution in [0.15, 0.2) is 12.2 Å². The molecular weight excluding hydrogens is 212 g/mol. The molecule has 0 radical (unpaired) electrons. The highest BCUT2D eigenvalue weighted by Gasteiger charge is 2.23. The van der Waals surface area contributed by atoms with Crippen molar-refractivity contribution in [2.45, 2.75) is 39.6 Å². The zero-order valence-electron chi connectivity index (χ0n) is 10.5. The van der Waals surface area contributed by atoms with Crippen LogP contribution in [0.2, 0.25) is 0 Å². The Morgan fingerprint density at radius 3 is 2.44 bits per heavy atom. The summed E-state index contributed by atoms with van der Waals surface area (Å²) in [5.41, 5.74) is 0.203. The van der Waals surface area contributed by atoms with Crippen molar-refractivity contribution in [3.63, 3.8) is 0 Å². The Kier molecular flexibility index (Phi) is 6.25. The summed E-state index contributed by atoms with van der Waals surface area (Å²) in [7, 11) is 1.49. The summed E-state index contributed by atoms with van der Waals surface area (Å²) in [6, 6.07) is 0. The van der Waals surface area contributed by atoms with Gasteiger partial charge in [-0.25, -0.2) is 14.6 Å². The smallest absolute Gasteiger partial charge is 0.336 e. The molecule has 0 N–H and O–H groups in total. The highest BCUT2D eigenvalue weighted by Crippen LogP contribution is 2.14. The molecule has 5 nitrogen and oxygen atoms in total. The summed E-state index contributed by atoms with van der Waals surface area (Å²) < 4.78 is 9.76. The molecule has 0 saturated carbocycles. The molecule has 0 saturated heterocycles. The van der Waals surface area contributed by atoms with Crippen molar-refractivity contribution in [1.29, 1.82) is 0 Å². The van der Waals surface area contributed by atoms with E-state index in [9.17, 15) is 4.79 Å². The van der Waals surface area contributed by atoms with E-state index in [2.05, 4.69) is 6.58 Å². The number of carbonyl (C=O) groups excluding carboxylic acids is 1. The van der Waals surface area contributed by atoms with Gasteiger partial charge in [-0.15, -0.1) is 0 Å². The molecule has 0 amide bonds. The van der Waals surface area contributed by atoms with E-state index in [1.54, 1.807) is 27.7 Å². The van der Waals surface area contributed by atoms with Crippen LogP contribution in [-0.2, 0) is 24.0 Å². The lowest BCUT2D eigenvalue weighted by Gasteiger charge is -2.24. The van der Waals surface area contributed by atoms with E-state index in [4.69, 9.17) is 19.2 Å². The summed E-state index contributed by atoms with van der Waals surface area (Å²) in [6.07, 6.45) is -0.589. The lowest BCUT2D eigenvalue weighted by molar-refractivity contribution is -0.423. The highest BCUT2D eigenvalue weighted by molar-refractivity contribution is 5.88. The van der Waals surface area contributed by atoms with Gasteiger partial charge in [0, 0.05) is 7.11 Å². The predicted octanol–water partition coefficient (Wildman–Crippen LogP) is 1.82. The fraction of sp³-hybridized carbons (Fsp3) is 0.727. The molecule has 16 heavy (non-hydrogen) atoms. The zero-order chi connectivity index (χ0) is 12.8. The molecule has 1 unspecified atom stereocenters. The largest absolute Gasteiger partial charge is 0.463 e. The summed E-state index contributed by atoms with van der Waals surface area (Å²) in [6.45, 7) is 10.6. The summed E-state index contributed by atoms with van der Waals surface area (Å²) in [4.78, 5) is 21.3. The molecule has 0 rings (SSSR count). The molecule has 0 aromatic heterocycles. The Balaban J connectivity index is 4.11. The zero-order valence-corrected chi connectivity index (χ0v) is 10.5. The fourth-order valence-electron chi connectivity index (χ4n) is 0.670. The molecule has 0 bridgehead atoms. The monoisotopic (exact) mass is 232 g/mol. The number of carbonyl (C=O) groups is 1. The minimum atomic E-state index is -0.872. The maximum atomic E-state index is 11.3. The van der Waals surface area contributed by atoms with Crippen molar-refractivity contribution in [1.82, 2.24) is 0 Å². The molecule has 0 aromatic rings. The van der Waals surface area contributed by atoms with Gasteiger partial charge < -0.3 is 9.47 Å². The van der Waals surface area contributed by atoms with E-state index < -0.39 is 17.9 Å². The maximum absolute atomic E-state index is 11.3. The number of hydrogen-bond donors (Lipinski definition) is 0. The van der Waals surface area contributed by atoms with E-state index >= 15 is 0 Å². The first-order chi connectivity index (χ1) is 7.34. The van der Waals surface area contributed by atoms with Crippen molar-refractivity contribution < 1.29 is 24.0 Å². The van der Waals surface area contributed by atoms with Gasteiger partial charge in [-0.1, -0.05) is 6.58 Å². The van der Waals surface area contributed by atoms with Gasteiger partial charge in [0.1, 0.15) is 6.10 Å². The molecule has 0 aliphatic carbocycles. The van der Waals surface area contributed by atoms with Crippen LogP contribution < -0.4 is 0 Å². The van der Waals surface area contributed by atoms with E-state index in [0.29, 0.717) is 6.61 Å². The van der Waals surface area contributed by atoms with Gasteiger partial charge in [0.05, 0.1) is 12.2 Å². The Morgan fingerprint density at radius 1 is 1.44 bits per heavy atom. The fourth-order valence-corrected chi connectivity index (χ4v) is 0.670. The minimum absolute atomic E-state index is 0.203. The molecule has 0 fully saturated rings. The summed E-state index contributed by atoms with van der Waals surface area (Å²) >= 11 is 0. The molecular formula is C11H20O5. The first kappa shape index (κ1) is 15.1. The standard InChI is InChI=1S/C11H20O5/c1-7-14-10(12)8(2)9(3)15-16-11(4,5)13-6/h9H,2,7H2,1,3-6H3. The predicted molar refractivity (Wildman–Crippen MR) is 58.5 cm³/mol. The van der Waals surface area contributed by atoms with Crippen LogP contribution in [0.3, 0.4) is 0 Å². The van der Waals surface area contributed by atoms with Crippen LogP contribution in [0, 0.1) is 0 Å². The van der Waals surface area contributed by atoms with Gasteiger partial charge in [0.25, 0.3) is 0 Å². The van der Waals surface area contributed by atoms with Gasteiger partial charge in [-0.3, -0.25) is 0 Å². The normalized spacial score (nSPS) is 13.3. The minimum Gasteiger partial charge on any atom is -0.463 e. The third-order valence-corrected chi connectivity index (χ3v) is 1.91. The second-order valence-corrected chi connectivity index (χ2v) is 3.67. The van der Waals surface area contributed by atoms with Crippen LogP contribution in [0.4, 0.5) is 0 Å². The highest BCUT2D eigenvalue weighted by atomic mass is 17.2. The Labute approximate surface area is 96.2 Å². The number of methoxy groups -OCH3 is 1. The van der Waals surface area contributed by atoms with Crippen molar-refractivity contribution >= 4 is 5.97 Å². The van der Waals surface area contributed by atoms with Gasteiger partial charge in [-0.2, -0.15) is 0 Å². The maximum Gasteiger partial charge on any atom is 0.336 e. The number of rotatable bonds is 7. The molecule has 0 spiro atoms. The molecule has 94 valence electrons. The van der Waals surface area contributed by atoms with Gasteiger partial charge in [0.2, 0.25) is 0 Å². The topological polar surface area (TPSA) is 54.0 Å². The molecule has 0 heterocycles. The lowest BCUT2D eigenvalue weighted by atomic mass is 10.2. The van der Waals surface area contributed by atoms with Crippen LogP contribution in [0.25, 0.3) is 0 Å². The van der Waals surface area contributed by atoms with Crippen molar-refractivity contribution in [2.24, 2.45) is 0 Å².